The van der Waals surface area contributed by atoms with Crippen molar-refractivity contribution in [2.45, 2.75) is 44.4 Å². The van der Waals surface area contributed by atoms with Crippen molar-refractivity contribution in [2.75, 3.05) is 20.2 Å². The summed E-state index contributed by atoms with van der Waals surface area (Å²) in [5.41, 5.74) is 0. The summed E-state index contributed by atoms with van der Waals surface area (Å²) in [6.45, 7) is 8.28. The lowest BCUT2D eigenvalue weighted by molar-refractivity contribution is 0.182. The van der Waals surface area contributed by atoms with E-state index in [9.17, 15) is 5.11 Å². The second-order valence-electron chi connectivity index (χ2n) is 8.46. The second kappa shape index (κ2) is 7.65. The number of hydrogen-bond acceptors (Lipinski definition) is 3. The number of nitrogens with zero attached hydrogens (tertiary/aromatic N) is 1. The van der Waals surface area contributed by atoms with E-state index < -0.39 is 8.32 Å². The van der Waals surface area contributed by atoms with Gasteiger partial charge in [-0.15, -0.1) is 0 Å². The fraction of sp³-hybridized carbons (Fsp3) is 0.455. The minimum absolute atomic E-state index is 0.00843. The summed E-state index contributed by atoms with van der Waals surface area (Å²) in [6.07, 6.45) is 0.544. The van der Waals surface area contributed by atoms with Gasteiger partial charge in [0, 0.05) is 12.6 Å². The third kappa shape index (κ3) is 3.65. The third-order valence-electron chi connectivity index (χ3n) is 5.58. The predicted octanol–water partition coefficient (Wildman–Crippen LogP) is 2.63. The standard InChI is InChI=1S/C22H31NO2Si/c1-22(2,3)26(20-11-7-5-8-12-20,21-13-9-6-10-14-21)25-17-18-15-19(24)16-23(18)4/h5-14,18-19,24H,15-17H2,1-4H3/t18-,19+/m0/s1. The molecule has 0 amide bonds. The van der Waals surface area contributed by atoms with Crippen molar-refractivity contribution in [1.29, 1.82) is 0 Å². The van der Waals surface area contributed by atoms with E-state index in [0.29, 0.717) is 6.61 Å². The van der Waals surface area contributed by atoms with Crippen molar-refractivity contribution < 1.29 is 9.53 Å². The SMILES string of the molecule is CN1C[C@H](O)C[C@H]1CO[Si](c1ccccc1)(c1ccccc1)C(C)(C)C. The molecule has 1 aliphatic rings. The first-order valence-electron chi connectivity index (χ1n) is 9.48. The van der Waals surface area contributed by atoms with Gasteiger partial charge in [-0.2, -0.15) is 0 Å². The van der Waals surface area contributed by atoms with E-state index in [0.717, 1.165) is 13.0 Å². The molecule has 0 unspecified atom stereocenters. The van der Waals surface area contributed by atoms with Gasteiger partial charge in [0.25, 0.3) is 8.32 Å². The van der Waals surface area contributed by atoms with Crippen LogP contribution in [0.25, 0.3) is 0 Å². The highest BCUT2D eigenvalue weighted by Gasteiger charge is 2.50. The first kappa shape index (κ1) is 19.3. The Bertz CT molecular complexity index is 660. The van der Waals surface area contributed by atoms with Crippen molar-refractivity contribution in [2.24, 2.45) is 0 Å². The van der Waals surface area contributed by atoms with Gasteiger partial charge in [-0.05, 0) is 28.9 Å². The largest absolute Gasteiger partial charge is 0.406 e. The zero-order valence-electron chi connectivity index (χ0n) is 16.4. The van der Waals surface area contributed by atoms with Crippen molar-refractivity contribution in [3.63, 3.8) is 0 Å². The summed E-state index contributed by atoms with van der Waals surface area (Å²) in [5, 5.41) is 12.6. The molecule has 0 bridgehead atoms. The Balaban J connectivity index is 2.03. The molecule has 0 spiro atoms. The van der Waals surface area contributed by atoms with Crippen molar-refractivity contribution in [3.8, 4) is 0 Å². The first-order valence-corrected chi connectivity index (χ1v) is 11.4. The molecule has 0 aliphatic carbocycles. The Morgan fingerprint density at radius 2 is 1.50 bits per heavy atom. The quantitative estimate of drug-likeness (QED) is 0.823. The Morgan fingerprint density at radius 3 is 1.88 bits per heavy atom. The molecule has 4 heteroatoms. The Hall–Kier alpha value is -1.46. The molecule has 0 saturated carbocycles. The molecule has 1 fully saturated rings. The Morgan fingerprint density at radius 1 is 1.00 bits per heavy atom. The maximum Gasteiger partial charge on any atom is 0.261 e. The van der Waals surface area contributed by atoms with Gasteiger partial charge in [0.05, 0.1) is 12.7 Å². The van der Waals surface area contributed by atoms with Crippen LogP contribution in [0.15, 0.2) is 60.7 Å². The maximum atomic E-state index is 10.0. The molecule has 26 heavy (non-hydrogen) atoms. The summed E-state index contributed by atoms with van der Waals surface area (Å²) >= 11 is 0. The highest BCUT2D eigenvalue weighted by atomic mass is 28.4. The number of benzene rings is 2. The number of likely N-dealkylation sites (tertiary alicyclic amines) is 1. The number of aliphatic hydroxyl groups excluding tert-OH is 1. The first-order chi connectivity index (χ1) is 12.3. The van der Waals surface area contributed by atoms with Crippen molar-refractivity contribution in [3.05, 3.63) is 60.7 Å². The number of rotatable bonds is 5. The van der Waals surface area contributed by atoms with E-state index in [1.165, 1.54) is 10.4 Å². The van der Waals surface area contributed by atoms with Gasteiger partial charge in [0.2, 0.25) is 0 Å². The molecule has 1 N–H and O–H groups in total. The van der Waals surface area contributed by atoms with E-state index in [2.05, 4.69) is 93.4 Å². The summed E-state index contributed by atoms with van der Waals surface area (Å²) < 4.78 is 6.96. The van der Waals surface area contributed by atoms with Crippen LogP contribution in [0, 0.1) is 0 Å². The molecular formula is C22H31NO2Si. The molecule has 2 aromatic rings. The van der Waals surface area contributed by atoms with Crippen LogP contribution in [-0.2, 0) is 4.43 Å². The fourth-order valence-electron chi connectivity index (χ4n) is 4.23. The normalized spacial score (nSPS) is 21.9. The topological polar surface area (TPSA) is 32.7 Å². The third-order valence-corrected chi connectivity index (χ3v) is 10.6. The molecule has 1 aliphatic heterocycles. The summed E-state index contributed by atoms with van der Waals surface area (Å²) in [7, 11) is -0.398. The smallest absolute Gasteiger partial charge is 0.261 e. The van der Waals surface area contributed by atoms with Crippen LogP contribution in [0.1, 0.15) is 27.2 Å². The highest BCUT2D eigenvalue weighted by molar-refractivity contribution is 6.99. The predicted molar refractivity (Wildman–Crippen MR) is 111 cm³/mol. The van der Waals surface area contributed by atoms with Crippen LogP contribution in [0.3, 0.4) is 0 Å². The van der Waals surface area contributed by atoms with Gasteiger partial charge in [0.15, 0.2) is 0 Å². The molecular weight excluding hydrogens is 338 g/mol. The van der Waals surface area contributed by atoms with Gasteiger partial charge < -0.3 is 9.53 Å². The van der Waals surface area contributed by atoms with Crippen molar-refractivity contribution in [1.82, 2.24) is 4.90 Å². The van der Waals surface area contributed by atoms with Gasteiger partial charge in [-0.3, -0.25) is 4.90 Å². The second-order valence-corrected chi connectivity index (χ2v) is 12.8. The minimum atomic E-state index is -2.48. The Labute approximate surface area is 158 Å². The number of likely N-dealkylation sites (N-methyl/N-ethyl adjacent to an activating group) is 1. The molecule has 3 rings (SSSR count). The molecule has 1 heterocycles. The van der Waals surface area contributed by atoms with Gasteiger partial charge in [-0.1, -0.05) is 81.4 Å². The van der Waals surface area contributed by atoms with Crippen LogP contribution < -0.4 is 10.4 Å². The molecule has 0 radical (unpaired) electrons. The molecule has 140 valence electrons. The van der Waals surface area contributed by atoms with Crippen LogP contribution in [-0.4, -0.2) is 50.7 Å². The van der Waals surface area contributed by atoms with E-state index in [4.69, 9.17) is 4.43 Å². The Kier molecular flexibility index (Phi) is 5.68. The lowest BCUT2D eigenvalue weighted by Crippen LogP contribution is -2.67. The number of aliphatic hydroxyl groups is 1. The molecule has 1 saturated heterocycles. The number of β-amino-alcohol motifs (C(OH)–C–C–N with tert-alkyl or cyclic N) is 1. The summed E-state index contributed by atoms with van der Waals surface area (Å²) in [4.78, 5) is 2.22. The van der Waals surface area contributed by atoms with Crippen LogP contribution in [0.4, 0.5) is 0 Å². The van der Waals surface area contributed by atoms with E-state index >= 15 is 0 Å². The van der Waals surface area contributed by atoms with Crippen LogP contribution in [0.2, 0.25) is 5.04 Å². The van der Waals surface area contributed by atoms with Crippen LogP contribution in [0.5, 0.6) is 0 Å². The van der Waals surface area contributed by atoms with Crippen molar-refractivity contribution >= 4 is 18.7 Å². The van der Waals surface area contributed by atoms with E-state index in [-0.39, 0.29) is 17.2 Å². The van der Waals surface area contributed by atoms with Gasteiger partial charge in [-0.25, -0.2) is 0 Å². The number of hydrogen-bond donors (Lipinski definition) is 1. The van der Waals surface area contributed by atoms with Gasteiger partial charge in [0.1, 0.15) is 0 Å². The fourth-order valence-corrected chi connectivity index (χ4v) is 8.83. The molecule has 0 aromatic heterocycles. The highest BCUT2D eigenvalue weighted by Crippen LogP contribution is 2.37. The maximum absolute atomic E-state index is 10.0. The zero-order chi connectivity index (χ0) is 18.8. The molecule has 2 aromatic carbocycles. The zero-order valence-corrected chi connectivity index (χ0v) is 17.4. The lowest BCUT2D eigenvalue weighted by Gasteiger charge is -2.43. The minimum Gasteiger partial charge on any atom is -0.406 e. The average molecular weight is 370 g/mol. The lowest BCUT2D eigenvalue weighted by atomic mass is 10.2. The molecule has 2 atom stereocenters. The average Bonchev–Trinajstić information content (AvgIpc) is 2.94. The monoisotopic (exact) mass is 369 g/mol. The summed E-state index contributed by atoms with van der Waals surface area (Å²) in [6, 6.07) is 21.7. The molecule has 3 nitrogen and oxygen atoms in total. The summed E-state index contributed by atoms with van der Waals surface area (Å²) in [5.74, 6) is 0. The van der Waals surface area contributed by atoms with E-state index in [1.807, 2.05) is 0 Å². The van der Waals surface area contributed by atoms with Gasteiger partial charge >= 0.3 is 0 Å². The van der Waals surface area contributed by atoms with E-state index in [1.54, 1.807) is 0 Å². The van der Waals surface area contributed by atoms with Crippen LogP contribution >= 0.6 is 0 Å².